The number of rotatable bonds is 3. The summed E-state index contributed by atoms with van der Waals surface area (Å²) in [7, 11) is 0. The molecule has 6 heteroatoms. The third-order valence-electron chi connectivity index (χ3n) is 4.32. The molecule has 2 aromatic rings. The van der Waals surface area contributed by atoms with Crippen LogP contribution in [0.2, 0.25) is 0 Å². The van der Waals surface area contributed by atoms with Gasteiger partial charge in [0.05, 0.1) is 10.2 Å². The highest BCUT2D eigenvalue weighted by Crippen LogP contribution is 2.30. The summed E-state index contributed by atoms with van der Waals surface area (Å²) in [6, 6.07) is 7.90. The van der Waals surface area contributed by atoms with E-state index in [2.05, 4.69) is 10.3 Å². The summed E-state index contributed by atoms with van der Waals surface area (Å²) >= 11 is 1.47. The van der Waals surface area contributed by atoms with Crippen LogP contribution in [0.15, 0.2) is 24.3 Å². The normalized spacial score (nSPS) is 21.1. The Bertz CT molecular complexity index is 737. The highest BCUT2D eigenvalue weighted by molar-refractivity contribution is 7.20. The third kappa shape index (κ3) is 4.57. The first-order valence-electron chi connectivity index (χ1n) is 8.71. The molecule has 0 atom stereocenters. The molecule has 5 nitrogen and oxygen atoms in total. The van der Waals surface area contributed by atoms with Gasteiger partial charge in [0.15, 0.2) is 10.8 Å². The van der Waals surface area contributed by atoms with Gasteiger partial charge >= 0.3 is 6.09 Å². The largest absolute Gasteiger partial charge is 0.444 e. The van der Waals surface area contributed by atoms with Crippen LogP contribution >= 0.6 is 11.3 Å². The molecule has 25 heavy (non-hydrogen) atoms. The summed E-state index contributed by atoms with van der Waals surface area (Å²) < 4.78 is 6.34. The fourth-order valence-electron chi connectivity index (χ4n) is 3.13. The predicted molar refractivity (Wildman–Crippen MR) is 99.1 cm³/mol. The van der Waals surface area contributed by atoms with Crippen molar-refractivity contribution in [2.24, 2.45) is 5.92 Å². The van der Waals surface area contributed by atoms with Crippen LogP contribution in [0.1, 0.15) is 56.3 Å². The Kier molecular flexibility index (Phi) is 5.08. The molecule has 1 N–H and O–H groups in total. The Morgan fingerprint density at radius 2 is 1.84 bits per heavy atom. The van der Waals surface area contributed by atoms with Gasteiger partial charge in [-0.1, -0.05) is 12.1 Å². The number of carbonyl (C=O) groups excluding carboxylic acids is 2. The number of alkyl carbamates (subject to hydrolysis) is 1. The first kappa shape index (κ1) is 17.9. The lowest BCUT2D eigenvalue weighted by molar-refractivity contribution is 0.0487. The van der Waals surface area contributed by atoms with Gasteiger partial charge in [0.25, 0.3) is 0 Å². The van der Waals surface area contributed by atoms with Gasteiger partial charge in [-0.2, -0.15) is 0 Å². The van der Waals surface area contributed by atoms with E-state index in [1.165, 1.54) is 11.3 Å². The average Bonchev–Trinajstić information content (AvgIpc) is 2.97. The van der Waals surface area contributed by atoms with Crippen molar-refractivity contribution in [2.45, 2.75) is 58.1 Å². The maximum atomic E-state index is 12.7. The number of thiazole rings is 1. The number of fused-ring (bicyclic) bond motifs is 1. The van der Waals surface area contributed by atoms with E-state index < -0.39 is 5.60 Å². The maximum Gasteiger partial charge on any atom is 0.407 e. The van der Waals surface area contributed by atoms with E-state index >= 15 is 0 Å². The van der Waals surface area contributed by atoms with E-state index in [1.807, 2.05) is 45.0 Å². The zero-order chi connectivity index (χ0) is 18.0. The first-order valence-corrected chi connectivity index (χ1v) is 9.53. The molecular weight excluding hydrogens is 336 g/mol. The Labute approximate surface area is 151 Å². The van der Waals surface area contributed by atoms with E-state index in [9.17, 15) is 9.59 Å². The number of ketones is 1. The van der Waals surface area contributed by atoms with Gasteiger partial charge in [-0.25, -0.2) is 9.78 Å². The zero-order valence-electron chi connectivity index (χ0n) is 14.9. The summed E-state index contributed by atoms with van der Waals surface area (Å²) in [6.45, 7) is 5.54. The Balaban J connectivity index is 1.55. The van der Waals surface area contributed by atoms with Crippen LogP contribution in [0.5, 0.6) is 0 Å². The van der Waals surface area contributed by atoms with Crippen LogP contribution in [0.25, 0.3) is 10.2 Å². The minimum absolute atomic E-state index is 0.00255. The molecule has 1 aromatic carbocycles. The van der Waals surface area contributed by atoms with Crippen LogP contribution in [-0.2, 0) is 4.74 Å². The van der Waals surface area contributed by atoms with Crippen molar-refractivity contribution >= 4 is 33.4 Å². The molecule has 1 amide bonds. The highest BCUT2D eigenvalue weighted by atomic mass is 32.1. The van der Waals surface area contributed by atoms with Crippen molar-refractivity contribution in [3.05, 3.63) is 29.3 Å². The van der Waals surface area contributed by atoms with Gasteiger partial charge in [-0.15, -0.1) is 11.3 Å². The van der Waals surface area contributed by atoms with E-state index in [-0.39, 0.29) is 23.8 Å². The number of benzene rings is 1. The second-order valence-corrected chi connectivity index (χ2v) is 8.58. The van der Waals surface area contributed by atoms with Crippen molar-refractivity contribution in [1.82, 2.24) is 10.3 Å². The number of nitrogens with one attached hydrogen (secondary N) is 1. The molecule has 0 unspecified atom stereocenters. The van der Waals surface area contributed by atoms with Crippen molar-refractivity contribution in [1.29, 1.82) is 0 Å². The van der Waals surface area contributed by atoms with Gasteiger partial charge in [-0.3, -0.25) is 4.79 Å². The smallest absolute Gasteiger partial charge is 0.407 e. The summed E-state index contributed by atoms with van der Waals surface area (Å²) in [4.78, 5) is 29.1. The van der Waals surface area contributed by atoms with E-state index in [4.69, 9.17) is 4.74 Å². The SMILES string of the molecule is CC(C)(C)OC(=O)NC1CCC(C(=O)c2nc3ccccc3s2)CC1. The standard InChI is InChI=1S/C19H24N2O3S/c1-19(2,3)24-18(23)20-13-10-8-12(9-11-13)16(22)17-21-14-6-4-5-7-15(14)25-17/h4-7,12-13H,8-11H2,1-3H3,(H,20,23). The third-order valence-corrected chi connectivity index (χ3v) is 5.37. The molecule has 1 aliphatic carbocycles. The molecule has 1 fully saturated rings. The maximum absolute atomic E-state index is 12.7. The number of hydrogen-bond donors (Lipinski definition) is 1. The molecule has 0 saturated heterocycles. The Hall–Kier alpha value is -1.95. The van der Waals surface area contributed by atoms with Gasteiger partial charge < -0.3 is 10.1 Å². The van der Waals surface area contributed by atoms with E-state index in [1.54, 1.807) is 0 Å². The van der Waals surface area contributed by atoms with Gasteiger partial charge in [0.1, 0.15) is 5.60 Å². The van der Waals surface area contributed by atoms with Crippen LogP contribution in [0.3, 0.4) is 0 Å². The van der Waals surface area contributed by atoms with E-state index in [0.717, 1.165) is 35.9 Å². The van der Waals surface area contributed by atoms with Gasteiger partial charge in [0, 0.05) is 12.0 Å². The molecule has 0 aliphatic heterocycles. The lowest BCUT2D eigenvalue weighted by Crippen LogP contribution is -2.41. The molecule has 3 rings (SSSR count). The second-order valence-electron chi connectivity index (χ2n) is 7.55. The first-order chi connectivity index (χ1) is 11.8. The molecule has 1 aromatic heterocycles. The Morgan fingerprint density at radius 1 is 1.16 bits per heavy atom. The lowest BCUT2D eigenvalue weighted by Gasteiger charge is -2.29. The monoisotopic (exact) mass is 360 g/mol. The van der Waals surface area contributed by atoms with Crippen molar-refractivity contribution < 1.29 is 14.3 Å². The molecule has 0 bridgehead atoms. The number of Topliss-reactive ketones (excluding diaryl/α,β-unsaturated/α-hetero) is 1. The molecular formula is C19H24N2O3S. The lowest BCUT2D eigenvalue weighted by atomic mass is 9.83. The summed E-state index contributed by atoms with van der Waals surface area (Å²) in [5, 5.41) is 3.51. The minimum Gasteiger partial charge on any atom is -0.444 e. The number of aromatic nitrogens is 1. The average molecular weight is 360 g/mol. The number of amides is 1. The van der Waals surface area contributed by atoms with E-state index in [0.29, 0.717) is 5.01 Å². The van der Waals surface area contributed by atoms with Crippen LogP contribution in [0.4, 0.5) is 4.79 Å². The van der Waals surface area contributed by atoms with Crippen LogP contribution < -0.4 is 5.32 Å². The second kappa shape index (κ2) is 7.12. The topological polar surface area (TPSA) is 68.3 Å². The number of carbonyl (C=O) groups is 2. The summed E-state index contributed by atoms with van der Waals surface area (Å²) in [5.74, 6) is 0.133. The Morgan fingerprint density at radius 3 is 2.48 bits per heavy atom. The number of ether oxygens (including phenoxy) is 1. The number of hydrogen-bond acceptors (Lipinski definition) is 5. The molecule has 0 spiro atoms. The number of nitrogens with zero attached hydrogens (tertiary/aromatic N) is 1. The van der Waals surface area contributed by atoms with Crippen molar-refractivity contribution in [2.75, 3.05) is 0 Å². The minimum atomic E-state index is -0.496. The molecule has 1 saturated carbocycles. The van der Waals surface area contributed by atoms with Gasteiger partial charge in [-0.05, 0) is 58.6 Å². The predicted octanol–water partition coefficient (Wildman–Crippen LogP) is 4.56. The van der Waals surface area contributed by atoms with Crippen LogP contribution in [0, 0.1) is 5.92 Å². The molecule has 0 radical (unpaired) electrons. The summed E-state index contributed by atoms with van der Waals surface area (Å²) in [6.07, 6.45) is 2.75. The number of para-hydroxylation sites is 1. The summed E-state index contributed by atoms with van der Waals surface area (Å²) in [5.41, 5.74) is 0.389. The van der Waals surface area contributed by atoms with Crippen molar-refractivity contribution in [3.63, 3.8) is 0 Å². The fourth-order valence-corrected chi connectivity index (χ4v) is 4.11. The quantitative estimate of drug-likeness (QED) is 0.815. The van der Waals surface area contributed by atoms with Crippen LogP contribution in [-0.4, -0.2) is 28.5 Å². The molecule has 1 aliphatic rings. The fraction of sp³-hybridized carbons (Fsp3) is 0.526. The molecule has 134 valence electrons. The molecule has 1 heterocycles. The van der Waals surface area contributed by atoms with Gasteiger partial charge in [0.2, 0.25) is 0 Å². The zero-order valence-corrected chi connectivity index (χ0v) is 15.7. The highest BCUT2D eigenvalue weighted by Gasteiger charge is 2.30. The van der Waals surface area contributed by atoms with Crippen molar-refractivity contribution in [3.8, 4) is 0 Å².